The molecule has 0 spiro atoms. The average Bonchev–Trinajstić information content (AvgIpc) is 2.69. The number of rotatable bonds is 5. The third-order valence-corrected chi connectivity index (χ3v) is 5.21. The van der Waals surface area contributed by atoms with Crippen LogP contribution < -0.4 is 4.74 Å². The molecule has 2 heterocycles. The third kappa shape index (κ3) is 4.15. The Kier molecular flexibility index (Phi) is 5.26. The van der Waals surface area contributed by atoms with Crippen LogP contribution in [0.5, 0.6) is 5.75 Å². The van der Waals surface area contributed by atoms with E-state index < -0.39 is 5.97 Å². The number of aromatic nitrogens is 1. The molecule has 0 unspecified atom stereocenters. The van der Waals surface area contributed by atoms with Crippen molar-refractivity contribution in [1.29, 1.82) is 0 Å². The molecule has 1 aromatic heterocycles. The molecule has 0 aliphatic carbocycles. The number of aromatic carboxylic acids is 1. The molecule has 5 heteroatoms. The minimum absolute atomic E-state index is 0.187. The highest BCUT2D eigenvalue weighted by atomic mass is 16.5. The van der Waals surface area contributed by atoms with Gasteiger partial charge in [-0.05, 0) is 49.6 Å². The fraction of sp³-hybridized carbons (Fsp3) is 0.304. The Morgan fingerprint density at radius 3 is 2.71 bits per heavy atom. The van der Waals surface area contributed by atoms with Crippen LogP contribution in [-0.4, -0.2) is 40.2 Å². The number of piperidine rings is 1. The molecule has 1 aliphatic rings. The first-order valence-electron chi connectivity index (χ1n) is 9.66. The minimum Gasteiger partial charge on any atom is -0.490 e. The fourth-order valence-electron chi connectivity index (χ4n) is 3.79. The summed E-state index contributed by atoms with van der Waals surface area (Å²) in [6.07, 6.45) is 2.09. The van der Waals surface area contributed by atoms with E-state index in [4.69, 9.17) is 9.84 Å². The number of carbonyl (C=O) groups is 1. The predicted molar refractivity (Wildman–Crippen MR) is 109 cm³/mol. The Bertz CT molecular complexity index is 994. The molecule has 1 saturated heterocycles. The second-order valence-corrected chi connectivity index (χ2v) is 7.38. The molecule has 3 aromatic rings. The van der Waals surface area contributed by atoms with Crippen molar-refractivity contribution >= 4 is 16.9 Å². The molecule has 0 radical (unpaired) electrons. The molecule has 2 aromatic carbocycles. The number of benzene rings is 2. The third-order valence-electron chi connectivity index (χ3n) is 5.21. The summed E-state index contributed by atoms with van der Waals surface area (Å²) >= 11 is 0. The quantitative estimate of drug-likeness (QED) is 0.720. The number of nitrogens with zero attached hydrogens (tertiary/aromatic N) is 2. The summed E-state index contributed by atoms with van der Waals surface area (Å²) in [6.45, 7) is 4.63. The van der Waals surface area contributed by atoms with Gasteiger partial charge in [0.1, 0.15) is 11.9 Å². The van der Waals surface area contributed by atoms with Crippen LogP contribution >= 0.6 is 0 Å². The lowest BCUT2D eigenvalue weighted by molar-refractivity contribution is 0.0696. The second-order valence-electron chi connectivity index (χ2n) is 7.38. The largest absolute Gasteiger partial charge is 0.490 e. The molecule has 5 nitrogen and oxygen atoms in total. The van der Waals surface area contributed by atoms with Gasteiger partial charge in [-0.1, -0.05) is 24.3 Å². The number of likely N-dealkylation sites (tertiary alicyclic amines) is 1. The molecule has 1 N–H and O–H groups in total. The van der Waals surface area contributed by atoms with Gasteiger partial charge in [0.05, 0.1) is 11.1 Å². The summed E-state index contributed by atoms with van der Waals surface area (Å²) in [4.78, 5) is 18.1. The Morgan fingerprint density at radius 1 is 1.14 bits per heavy atom. The van der Waals surface area contributed by atoms with E-state index in [0.717, 1.165) is 60.4 Å². The highest BCUT2D eigenvalue weighted by Gasteiger charge is 2.21. The van der Waals surface area contributed by atoms with Crippen LogP contribution in [0.4, 0.5) is 0 Å². The van der Waals surface area contributed by atoms with Gasteiger partial charge in [0.25, 0.3) is 0 Å². The fourth-order valence-corrected chi connectivity index (χ4v) is 3.79. The van der Waals surface area contributed by atoms with Gasteiger partial charge in [0.15, 0.2) is 0 Å². The Hall–Kier alpha value is -2.92. The lowest BCUT2D eigenvalue weighted by atomic mass is 10.1. The van der Waals surface area contributed by atoms with Crippen LogP contribution in [0.3, 0.4) is 0 Å². The summed E-state index contributed by atoms with van der Waals surface area (Å²) < 4.78 is 6.35. The number of hydrogen-bond acceptors (Lipinski definition) is 4. The molecule has 0 saturated carbocycles. The first kappa shape index (κ1) is 18.4. The van der Waals surface area contributed by atoms with Crippen molar-refractivity contribution in [3.8, 4) is 5.75 Å². The number of fused-ring (bicyclic) bond motifs is 1. The van der Waals surface area contributed by atoms with Crippen molar-refractivity contribution < 1.29 is 14.6 Å². The molecule has 28 heavy (non-hydrogen) atoms. The molecular formula is C23H24N2O3. The van der Waals surface area contributed by atoms with Crippen molar-refractivity contribution in [1.82, 2.24) is 9.88 Å². The molecule has 0 atom stereocenters. The van der Waals surface area contributed by atoms with Gasteiger partial charge in [-0.3, -0.25) is 9.88 Å². The maximum absolute atomic E-state index is 11.1. The van der Waals surface area contributed by atoms with Gasteiger partial charge in [0, 0.05) is 36.8 Å². The molecule has 1 fully saturated rings. The lowest BCUT2D eigenvalue weighted by Crippen LogP contribution is -2.37. The molecule has 0 bridgehead atoms. The highest BCUT2D eigenvalue weighted by Crippen LogP contribution is 2.28. The number of ether oxygens (including phenoxy) is 1. The topological polar surface area (TPSA) is 62.7 Å². The normalized spacial score (nSPS) is 15.6. The van der Waals surface area contributed by atoms with Crippen molar-refractivity contribution in [2.75, 3.05) is 13.1 Å². The first-order valence-corrected chi connectivity index (χ1v) is 9.66. The first-order chi connectivity index (χ1) is 13.6. The van der Waals surface area contributed by atoms with Crippen LogP contribution in [0.1, 0.15) is 34.5 Å². The van der Waals surface area contributed by atoms with E-state index in [-0.39, 0.29) is 6.10 Å². The van der Waals surface area contributed by atoms with E-state index in [9.17, 15) is 4.79 Å². The van der Waals surface area contributed by atoms with Gasteiger partial charge < -0.3 is 9.84 Å². The number of pyridine rings is 1. The monoisotopic (exact) mass is 376 g/mol. The minimum atomic E-state index is -0.881. The zero-order valence-corrected chi connectivity index (χ0v) is 16.0. The smallest absolute Gasteiger partial charge is 0.335 e. The van der Waals surface area contributed by atoms with Crippen LogP contribution in [0.25, 0.3) is 10.9 Å². The Balaban J connectivity index is 1.39. The molecule has 4 rings (SSSR count). The number of hydrogen-bond donors (Lipinski definition) is 1. The molecule has 144 valence electrons. The Morgan fingerprint density at radius 2 is 1.93 bits per heavy atom. The van der Waals surface area contributed by atoms with E-state index in [1.807, 2.05) is 43.3 Å². The van der Waals surface area contributed by atoms with Gasteiger partial charge >= 0.3 is 5.97 Å². The van der Waals surface area contributed by atoms with Crippen molar-refractivity contribution in [3.05, 3.63) is 71.4 Å². The summed E-state index contributed by atoms with van der Waals surface area (Å²) in [5, 5.41) is 10.2. The SMILES string of the molecule is Cc1cc(OC2CCN(Cc3cccc(C(=O)O)c3)CC2)c2ccccc2n1. The molecular weight excluding hydrogens is 352 g/mol. The van der Waals surface area contributed by atoms with Gasteiger partial charge in [-0.25, -0.2) is 4.79 Å². The Labute approximate surface area is 164 Å². The molecule has 0 amide bonds. The summed E-state index contributed by atoms with van der Waals surface area (Å²) in [5.41, 5.74) is 3.31. The van der Waals surface area contributed by atoms with Gasteiger partial charge in [-0.2, -0.15) is 0 Å². The molecule has 1 aliphatic heterocycles. The predicted octanol–water partition coefficient (Wildman–Crippen LogP) is 4.28. The van der Waals surface area contributed by atoms with Crippen LogP contribution in [0, 0.1) is 6.92 Å². The van der Waals surface area contributed by atoms with Gasteiger partial charge in [0.2, 0.25) is 0 Å². The van der Waals surface area contributed by atoms with E-state index in [0.29, 0.717) is 5.56 Å². The summed E-state index contributed by atoms with van der Waals surface area (Å²) in [6, 6.07) is 17.3. The van der Waals surface area contributed by atoms with Crippen molar-refractivity contribution in [2.24, 2.45) is 0 Å². The zero-order valence-electron chi connectivity index (χ0n) is 16.0. The maximum atomic E-state index is 11.1. The number of carboxylic acids is 1. The highest BCUT2D eigenvalue weighted by molar-refractivity contribution is 5.87. The number of carboxylic acid groups (broad SMARTS) is 1. The van der Waals surface area contributed by atoms with Crippen LogP contribution in [0.2, 0.25) is 0 Å². The van der Waals surface area contributed by atoms with Crippen molar-refractivity contribution in [3.63, 3.8) is 0 Å². The van der Waals surface area contributed by atoms with E-state index in [1.54, 1.807) is 12.1 Å². The zero-order chi connectivity index (χ0) is 19.5. The van der Waals surface area contributed by atoms with Crippen LogP contribution in [-0.2, 0) is 6.54 Å². The average molecular weight is 376 g/mol. The van der Waals surface area contributed by atoms with Crippen LogP contribution in [0.15, 0.2) is 54.6 Å². The number of para-hydroxylation sites is 1. The van der Waals surface area contributed by atoms with Crippen molar-refractivity contribution in [2.45, 2.75) is 32.4 Å². The summed E-state index contributed by atoms with van der Waals surface area (Å²) in [5.74, 6) is 0.0320. The van der Waals surface area contributed by atoms with E-state index in [2.05, 4.69) is 16.0 Å². The maximum Gasteiger partial charge on any atom is 0.335 e. The van der Waals surface area contributed by atoms with Gasteiger partial charge in [-0.15, -0.1) is 0 Å². The number of aryl methyl sites for hydroxylation is 1. The second kappa shape index (κ2) is 7.98. The summed E-state index contributed by atoms with van der Waals surface area (Å²) in [7, 11) is 0. The van der Waals surface area contributed by atoms with E-state index in [1.165, 1.54) is 0 Å². The standard InChI is InChI=1S/C23H24N2O3/c1-16-13-22(20-7-2-3-8-21(20)24-16)28-19-9-11-25(12-10-19)15-17-5-4-6-18(14-17)23(26)27/h2-8,13-14,19H,9-12,15H2,1H3,(H,26,27). The van der Waals surface area contributed by atoms with E-state index >= 15 is 0 Å². The lowest BCUT2D eigenvalue weighted by Gasteiger charge is -2.32.